The predicted octanol–water partition coefficient (Wildman–Crippen LogP) is 1.77. The molecule has 0 saturated heterocycles. The molecule has 2 aromatic carbocycles. The van der Waals surface area contributed by atoms with Crippen LogP contribution in [-0.2, 0) is 19.9 Å². The molecule has 0 fully saturated rings. The first-order chi connectivity index (χ1) is 11.2. The Morgan fingerprint density at radius 3 is 2.17 bits per heavy atom. The predicted molar refractivity (Wildman–Crippen MR) is 88.1 cm³/mol. The van der Waals surface area contributed by atoms with Crippen LogP contribution < -0.4 is 9.46 Å². The first-order valence-corrected chi connectivity index (χ1v) is 9.96. The number of benzene rings is 2. The molecule has 0 aromatic heterocycles. The number of anilines is 1. The van der Waals surface area contributed by atoms with E-state index in [0.717, 1.165) is 12.3 Å². The lowest BCUT2D eigenvalue weighted by Gasteiger charge is -2.12. The zero-order valence-electron chi connectivity index (χ0n) is 12.8. The van der Waals surface area contributed by atoms with Crippen molar-refractivity contribution in [1.82, 2.24) is 0 Å². The van der Waals surface area contributed by atoms with Crippen molar-refractivity contribution in [3.8, 4) is 11.8 Å². The van der Waals surface area contributed by atoms with Gasteiger partial charge < -0.3 is 4.74 Å². The molecule has 126 valence electrons. The van der Waals surface area contributed by atoms with Gasteiger partial charge in [0, 0.05) is 11.9 Å². The van der Waals surface area contributed by atoms with Crippen LogP contribution in [0.25, 0.3) is 0 Å². The number of rotatable bonds is 5. The number of nitriles is 1. The van der Waals surface area contributed by atoms with Crippen LogP contribution in [-0.4, -0.2) is 30.2 Å². The summed E-state index contributed by atoms with van der Waals surface area (Å²) in [7, 11) is -6.37. The molecular weight excluding hydrogens is 352 g/mol. The van der Waals surface area contributed by atoms with Crippen molar-refractivity contribution in [2.75, 3.05) is 18.1 Å². The van der Waals surface area contributed by atoms with Crippen LogP contribution in [0.5, 0.6) is 5.75 Å². The first-order valence-electron chi connectivity index (χ1n) is 6.58. The number of sulfone groups is 1. The third kappa shape index (κ3) is 3.84. The summed E-state index contributed by atoms with van der Waals surface area (Å²) in [5.41, 5.74) is 0.621. The fraction of sp³-hybridized carbons (Fsp3) is 0.133. The second-order valence-electron chi connectivity index (χ2n) is 4.88. The minimum absolute atomic E-state index is 0.0172. The van der Waals surface area contributed by atoms with Crippen LogP contribution in [0.15, 0.2) is 52.3 Å². The van der Waals surface area contributed by atoms with Crippen molar-refractivity contribution in [3.05, 3.63) is 48.0 Å². The quantitative estimate of drug-likeness (QED) is 0.863. The van der Waals surface area contributed by atoms with Crippen molar-refractivity contribution in [2.24, 2.45) is 0 Å². The van der Waals surface area contributed by atoms with Gasteiger partial charge in [0.25, 0.3) is 10.0 Å². The Morgan fingerprint density at radius 1 is 1.04 bits per heavy atom. The van der Waals surface area contributed by atoms with E-state index in [2.05, 4.69) is 4.72 Å². The fourth-order valence-corrected chi connectivity index (χ4v) is 3.90. The molecule has 2 rings (SSSR count). The summed E-state index contributed by atoms with van der Waals surface area (Å²) < 4.78 is 55.8. The zero-order chi connectivity index (χ0) is 18.0. The van der Waals surface area contributed by atoms with E-state index in [-0.39, 0.29) is 21.2 Å². The minimum Gasteiger partial charge on any atom is -0.495 e. The van der Waals surface area contributed by atoms with E-state index in [1.54, 1.807) is 0 Å². The van der Waals surface area contributed by atoms with E-state index in [1.165, 1.54) is 43.5 Å². The average Bonchev–Trinajstić information content (AvgIpc) is 2.53. The highest BCUT2D eigenvalue weighted by molar-refractivity contribution is 7.93. The lowest BCUT2D eigenvalue weighted by atomic mass is 10.2. The molecule has 0 aliphatic rings. The van der Waals surface area contributed by atoms with Gasteiger partial charge in [0.05, 0.1) is 23.6 Å². The maximum atomic E-state index is 12.6. The van der Waals surface area contributed by atoms with Crippen molar-refractivity contribution in [3.63, 3.8) is 0 Å². The number of nitrogens with zero attached hydrogens (tertiary/aromatic N) is 1. The summed E-state index contributed by atoms with van der Waals surface area (Å²) in [5, 5.41) is 8.75. The highest BCUT2D eigenvalue weighted by atomic mass is 32.2. The van der Waals surface area contributed by atoms with Crippen LogP contribution in [0, 0.1) is 11.3 Å². The van der Waals surface area contributed by atoms with E-state index in [1.807, 2.05) is 6.07 Å². The molecule has 2 aromatic rings. The van der Waals surface area contributed by atoms with E-state index < -0.39 is 19.9 Å². The summed E-state index contributed by atoms with van der Waals surface area (Å²) in [6.45, 7) is 0. The maximum absolute atomic E-state index is 12.6. The molecule has 0 aliphatic heterocycles. The van der Waals surface area contributed by atoms with Gasteiger partial charge >= 0.3 is 0 Å². The minimum atomic E-state index is -4.08. The van der Waals surface area contributed by atoms with E-state index in [9.17, 15) is 16.8 Å². The lowest BCUT2D eigenvalue weighted by Crippen LogP contribution is -2.15. The normalized spacial score (nSPS) is 11.5. The Morgan fingerprint density at radius 2 is 1.67 bits per heavy atom. The van der Waals surface area contributed by atoms with Gasteiger partial charge in [-0.3, -0.25) is 4.72 Å². The summed E-state index contributed by atoms with van der Waals surface area (Å²) in [5.74, 6) is 0.0172. The fourth-order valence-electron chi connectivity index (χ4n) is 1.92. The Labute approximate surface area is 140 Å². The van der Waals surface area contributed by atoms with Gasteiger partial charge in [-0.15, -0.1) is 0 Å². The lowest BCUT2D eigenvalue weighted by molar-refractivity contribution is 0.402. The monoisotopic (exact) mass is 366 g/mol. The number of hydrogen-bond donors (Lipinski definition) is 1. The standard InChI is InChI=1S/C15H14N2O5S2/c1-22-14-8-7-13(23(2,18)19)9-15(14)24(20,21)17-12-5-3-11(10-16)4-6-12/h3-9,17H,1-2H3. The van der Waals surface area contributed by atoms with Gasteiger partial charge in [-0.2, -0.15) is 5.26 Å². The molecule has 0 unspecified atom stereocenters. The Kier molecular flexibility index (Phi) is 4.82. The average molecular weight is 366 g/mol. The number of ether oxygens (including phenoxy) is 1. The summed E-state index contributed by atoms with van der Waals surface area (Å²) in [4.78, 5) is -0.430. The highest BCUT2D eigenvalue weighted by Gasteiger charge is 2.22. The molecule has 0 heterocycles. The Balaban J connectivity index is 2.49. The van der Waals surface area contributed by atoms with Gasteiger partial charge in [0.1, 0.15) is 10.6 Å². The van der Waals surface area contributed by atoms with Crippen LogP contribution in [0.1, 0.15) is 5.56 Å². The molecule has 1 N–H and O–H groups in total. The van der Waals surface area contributed by atoms with Crippen LogP contribution in [0.2, 0.25) is 0 Å². The molecular formula is C15H14N2O5S2. The van der Waals surface area contributed by atoms with Crippen molar-refractivity contribution in [1.29, 1.82) is 5.26 Å². The molecule has 0 aliphatic carbocycles. The number of sulfonamides is 1. The van der Waals surface area contributed by atoms with Gasteiger partial charge in [0.2, 0.25) is 0 Å². The van der Waals surface area contributed by atoms with Gasteiger partial charge in [-0.1, -0.05) is 0 Å². The number of hydrogen-bond acceptors (Lipinski definition) is 6. The molecule has 0 amide bonds. The summed E-state index contributed by atoms with van der Waals surface area (Å²) in [6.07, 6.45) is 0.985. The molecule has 0 radical (unpaired) electrons. The van der Waals surface area contributed by atoms with Crippen molar-refractivity contribution in [2.45, 2.75) is 9.79 Å². The van der Waals surface area contributed by atoms with Gasteiger partial charge in [0.15, 0.2) is 9.84 Å². The topological polar surface area (TPSA) is 113 Å². The van der Waals surface area contributed by atoms with E-state index in [0.29, 0.717) is 5.56 Å². The molecule has 0 spiro atoms. The Bertz CT molecular complexity index is 1000. The smallest absolute Gasteiger partial charge is 0.265 e. The maximum Gasteiger partial charge on any atom is 0.265 e. The molecule has 0 bridgehead atoms. The SMILES string of the molecule is COc1ccc(S(C)(=O)=O)cc1S(=O)(=O)Nc1ccc(C#N)cc1. The summed E-state index contributed by atoms with van der Waals surface area (Å²) >= 11 is 0. The second-order valence-corrected chi connectivity index (χ2v) is 8.55. The van der Waals surface area contributed by atoms with Crippen molar-refractivity contribution < 1.29 is 21.6 Å². The first kappa shape index (κ1) is 17.8. The summed E-state index contributed by atoms with van der Waals surface area (Å²) in [6, 6.07) is 11.3. The molecule has 0 saturated carbocycles. The number of nitrogens with one attached hydrogen (secondary N) is 1. The van der Waals surface area contributed by atoms with E-state index >= 15 is 0 Å². The van der Waals surface area contributed by atoms with Crippen LogP contribution in [0.3, 0.4) is 0 Å². The van der Waals surface area contributed by atoms with E-state index in [4.69, 9.17) is 10.00 Å². The van der Waals surface area contributed by atoms with Gasteiger partial charge in [-0.05, 0) is 42.5 Å². The Hall–Kier alpha value is -2.57. The number of methoxy groups -OCH3 is 1. The van der Waals surface area contributed by atoms with Crippen LogP contribution >= 0.6 is 0 Å². The largest absolute Gasteiger partial charge is 0.495 e. The molecule has 24 heavy (non-hydrogen) atoms. The molecule has 0 atom stereocenters. The molecule has 7 nitrogen and oxygen atoms in total. The third-order valence-electron chi connectivity index (χ3n) is 3.12. The van der Waals surface area contributed by atoms with Crippen LogP contribution in [0.4, 0.5) is 5.69 Å². The second kappa shape index (κ2) is 6.51. The highest BCUT2D eigenvalue weighted by Crippen LogP contribution is 2.28. The third-order valence-corrected chi connectivity index (χ3v) is 5.63. The van der Waals surface area contributed by atoms with Crippen molar-refractivity contribution >= 4 is 25.5 Å². The van der Waals surface area contributed by atoms with Gasteiger partial charge in [-0.25, -0.2) is 16.8 Å². The molecule has 9 heteroatoms. The zero-order valence-corrected chi connectivity index (χ0v) is 14.5.